The first-order valence-electron chi connectivity index (χ1n) is 10.2. The van der Waals surface area contributed by atoms with Crippen LogP contribution in [-0.4, -0.2) is 32.5 Å². The molecule has 0 aromatic heterocycles. The Hall–Kier alpha value is -2.83. The molecular formula is C25H27ClN2O3S. The first kappa shape index (κ1) is 23.8. The van der Waals surface area contributed by atoms with E-state index in [1.807, 2.05) is 44.2 Å². The molecule has 0 fully saturated rings. The van der Waals surface area contributed by atoms with Gasteiger partial charge in [0.25, 0.3) is 5.91 Å². The molecule has 0 heterocycles. The Balaban J connectivity index is 1.75. The van der Waals surface area contributed by atoms with E-state index in [0.29, 0.717) is 22.8 Å². The van der Waals surface area contributed by atoms with Gasteiger partial charge in [0.1, 0.15) is 0 Å². The topological polar surface area (TPSA) is 57.7 Å². The molecule has 0 N–H and O–H groups in total. The highest BCUT2D eigenvalue weighted by atomic mass is 35.5. The van der Waals surface area contributed by atoms with Crippen molar-refractivity contribution in [1.29, 1.82) is 0 Å². The zero-order chi connectivity index (χ0) is 23.5. The van der Waals surface area contributed by atoms with Gasteiger partial charge < -0.3 is 4.90 Å². The highest BCUT2D eigenvalue weighted by Crippen LogP contribution is 2.24. The molecule has 3 rings (SSSR count). The number of hydrogen-bond acceptors (Lipinski definition) is 3. The minimum atomic E-state index is -3.47. The van der Waals surface area contributed by atoms with Crippen molar-refractivity contribution >= 4 is 33.2 Å². The molecule has 1 amide bonds. The van der Waals surface area contributed by atoms with Gasteiger partial charge in [-0.05, 0) is 72.5 Å². The molecule has 168 valence electrons. The molecule has 3 aromatic rings. The minimum Gasteiger partial charge on any atom is -0.337 e. The van der Waals surface area contributed by atoms with Crippen LogP contribution >= 0.6 is 11.6 Å². The lowest BCUT2D eigenvalue weighted by Crippen LogP contribution is -2.29. The van der Waals surface area contributed by atoms with E-state index in [9.17, 15) is 13.2 Å². The van der Waals surface area contributed by atoms with Gasteiger partial charge in [-0.3, -0.25) is 9.10 Å². The number of hydrogen-bond donors (Lipinski definition) is 0. The van der Waals surface area contributed by atoms with E-state index in [2.05, 4.69) is 0 Å². The molecule has 0 bridgehead atoms. The van der Waals surface area contributed by atoms with Crippen molar-refractivity contribution in [3.8, 4) is 0 Å². The van der Waals surface area contributed by atoms with E-state index >= 15 is 0 Å². The predicted octanol–water partition coefficient (Wildman–Crippen LogP) is 5.20. The van der Waals surface area contributed by atoms with Crippen LogP contribution in [0.15, 0.2) is 66.7 Å². The van der Waals surface area contributed by atoms with Crippen LogP contribution in [0, 0.1) is 13.8 Å². The largest absolute Gasteiger partial charge is 0.337 e. The maximum atomic E-state index is 12.8. The smallest absolute Gasteiger partial charge is 0.253 e. The van der Waals surface area contributed by atoms with Crippen LogP contribution in [0.5, 0.6) is 0 Å². The second-order valence-corrected chi connectivity index (χ2v) is 10.4. The molecule has 0 aliphatic heterocycles. The number of carbonyl (C=O) groups is 1. The van der Waals surface area contributed by atoms with Crippen LogP contribution in [0.4, 0.5) is 5.69 Å². The molecule has 3 aromatic carbocycles. The zero-order valence-electron chi connectivity index (χ0n) is 18.7. The molecular weight excluding hydrogens is 444 g/mol. The van der Waals surface area contributed by atoms with Gasteiger partial charge in [0, 0.05) is 24.2 Å². The third-order valence-corrected chi connectivity index (χ3v) is 6.78. The molecule has 0 unspecified atom stereocenters. The summed E-state index contributed by atoms with van der Waals surface area (Å²) in [6.07, 6.45) is 1.20. The fraction of sp³-hybridized carbons (Fsp3) is 0.240. The van der Waals surface area contributed by atoms with Crippen LogP contribution in [-0.2, 0) is 23.1 Å². The molecule has 5 nitrogen and oxygen atoms in total. The number of carbonyl (C=O) groups excluding carboxylic acids is 1. The lowest BCUT2D eigenvalue weighted by Gasteiger charge is -2.23. The maximum absolute atomic E-state index is 12.8. The Morgan fingerprint density at radius 2 is 1.41 bits per heavy atom. The van der Waals surface area contributed by atoms with Gasteiger partial charge in [-0.2, -0.15) is 0 Å². The lowest BCUT2D eigenvalue weighted by molar-refractivity contribution is 0.0785. The summed E-state index contributed by atoms with van der Waals surface area (Å²) in [5, 5.41) is 0.655. The fourth-order valence-corrected chi connectivity index (χ4v) is 4.36. The van der Waals surface area contributed by atoms with Crippen LogP contribution in [0.3, 0.4) is 0 Å². The zero-order valence-corrected chi connectivity index (χ0v) is 20.2. The second-order valence-electron chi connectivity index (χ2n) is 8.02. The Kier molecular flexibility index (Phi) is 7.26. The highest BCUT2D eigenvalue weighted by molar-refractivity contribution is 7.92. The number of benzene rings is 3. The number of aryl methyl sites for hydroxylation is 2. The second kappa shape index (κ2) is 9.76. The molecule has 0 spiro atoms. The van der Waals surface area contributed by atoms with Crippen LogP contribution in [0.1, 0.15) is 32.6 Å². The van der Waals surface area contributed by atoms with E-state index in [4.69, 9.17) is 11.6 Å². The monoisotopic (exact) mass is 470 g/mol. The van der Waals surface area contributed by atoms with Crippen molar-refractivity contribution in [2.24, 2.45) is 0 Å². The molecule has 7 heteroatoms. The maximum Gasteiger partial charge on any atom is 0.253 e. The van der Waals surface area contributed by atoms with Crippen molar-refractivity contribution < 1.29 is 13.2 Å². The molecule has 0 aliphatic rings. The number of halogens is 1. The average Bonchev–Trinajstić information content (AvgIpc) is 2.75. The molecule has 0 saturated heterocycles. The predicted molar refractivity (Wildman–Crippen MR) is 131 cm³/mol. The van der Waals surface area contributed by atoms with E-state index in [1.54, 1.807) is 48.3 Å². The Bertz CT molecular complexity index is 1210. The summed E-state index contributed by atoms with van der Waals surface area (Å²) >= 11 is 5.92. The Morgan fingerprint density at radius 3 is 1.97 bits per heavy atom. The van der Waals surface area contributed by atoms with Crippen molar-refractivity contribution in [1.82, 2.24) is 4.90 Å². The van der Waals surface area contributed by atoms with E-state index in [1.165, 1.54) is 10.6 Å². The number of nitrogens with zero attached hydrogens (tertiary/aromatic N) is 2. The summed E-state index contributed by atoms with van der Waals surface area (Å²) in [5.41, 5.74) is 5.08. The molecule has 0 saturated carbocycles. The van der Waals surface area contributed by atoms with E-state index in [0.717, 1.165) is 22.3 Å². The number of amides is 1. The number of sulfonamides is 1. The quantitative estimate of drug-likeness (QED) is 0.477. The molecule has 0 atom stereocenters. The minimum absolute atomic E-state index is 0.111. The molecule has 0 aliphatic carbocycles. The van der Waals surface area contributed by atoms with Gasteiger partial charge in [-0.25, -0.2) is 8.42 Å². The summed E-state index contributed by atoms with van der Waals surface area (Å²) < 4.78 is 26.3. The fourth-order valence-electron chi connectivity index (χ4n) is 3.36. The normalized spacial score (nSPS) is 11.3. The third kappa shape index (κ3) is 5.90. The average molecular weight is 471 g/mol. The van der Waals surface area contributed by atoms with Crippen molar-refractivity contribution in [2.75, 3.05) is 17.6 Å². The SMILES string of the molecule is Cc1ccc(N(Cc2ccc(C(=O)N(C)Cc3ccc(Cl)cc3)cc2)S(C)(=O)=O)cc1C. The van der Waals surface area contributed by atoms with Crippen molar-refractivity contribution in [2.45, 2.75) is 26.9 Å². The summed E-state index contributed by atoms with van der Waals surface area (Å²) in [7, 11) is -1.73. The number of rotatable bonds is 7. The van der Waals surface area contributed by atoms with Gasteiger partial charge in [0.15, 0.2) is 0 Å². The van der Waals surface area contributed by atoms with Gasteiger partial charge in [0.05, 0.1) is 18.5 Å². The van der Waals surface area contributed by atoms with Crippen LogP contribution in [0.2, 0.25) is 5.02 Å². The van der Waals surface area contributed by atoms with E-state index in [-0.39, 0.29) is 12.5 Å². The highest BCUT2D eigenvalue weighted by Gasteiger charge is 2.19. The molecule has 0 radical (unpaired) electrons. The van der Waals surface area contributed by atoms with Gasteiger partial charge in [-0.1, -0.05) is 41.9 Å². The Morgan fingerprint density at radius 1 is 0.844 bits per heavy atom. The first-order chi connectivity index (χ1) is 15.0. The van der Waals surface area contributed by atoms with Crippen molar-refractivity contribution in [3.63, 3.8) is 0 Å². The van der Waals surface area contributed by atoms with Crippen LogP contribution in [0.25, 0.3) is 0 Å². The van der Waals surface area contributed by atoms with Gasteiger partial charge >= 0.3 is 0 Å². The first-order valence-corrected chi connectivity index (χ1v) is 12.4. The third-order valence-electron chi connectivity index (χ3n) is 5.39. The molecule has 32 heavy (non-hydrogen) atoms. The van der Waals surface area contributed by atoms with Gasteiger partial charge in [-0.15, -0.1) is 0 Å². The summed E-state index contributed by atoms with van der Waals surface area (Å²) in [4.78, 5) is 14.4. The summed E-state index contributed by atoms with van der Waals surface area (Å²) in [5.74, 6) is -0.111. The standard InChI is InChI=1S/C25H27ClN2O3S/c1-18-5-14-24(15-19(18)2)28(32(4,30)31)17-21-6-10-22(11-7-21)25(29)27(3)16-20-8-12-23(26)13-9-20/h5-15H,16-17H2,1-4H3. The van der Waals surface area contributed by atoms with Crippen molar-refractivity contribution in [3.05, 3.63) is 99.6 Å². The number of anilines is 1. The summed E-state index contributed by atoms with van der Waals surface area (Å²) in [6.45, 7) is 4.60. The van der Waals surface area contributed by atoms with E-state index < -0.39 is 10.0 Å². The van der Waals surface area contributed by atoms with Crippen LogP contribution < -0.4 is 4.31 Å². The van der Waals surface area contributed by atoms with Gasteiger partial charge in [0.2, 0.25) is 10.0 Å². The lowest BCUT2D eigenvalue weighted by atomic mass is 10.1. The Labute approximate surface area is 195 Å². The summed E-state index contributed by atoms with van der Waals surface area (Å²) in [6, 6.07) is 20.0.